The fourth-order valence-corrected chi connectivity index (χ4v) is 3.79. The predicted molar refractivity (Wildman–Crippen MR) is 99.2 cm³/mol. The van der Waals surface area contributed by atoms with E-state index in [9.17, 15) is 27.6 Å². The molecule has 2 unspecified atom stereocenters. The predicted octanol–water partition coefficient (Wildman–Crippen LogP) is 2.16. The Labute approximate surface area is 171 Å². The first-order valence-corrected chi connectivity index (χ1v) is 9.61. The number of carbonyl (C=O) groups excluding carboxylic acids is 3. The van der Waals surface area contributed by atoms with Gasteiger partial charge in [0.1, 0.15) is 0 Å². The molecule has 8 nitrogen and oxygen atoms in total. The fraction of sp³-hybridized carbons (Fsp3) is 0.526. The molecule has 1 aromatic carbocycles. The second-order valence-corrected chi connectivity index (χ2v) is 7.20. The van der Waals surface area contributed by atoms with Crippen molar-refractivity contribution in [1.29, 1.82) is 0 Å². The molecular weight excluding hydrogens is 405 g/mol. The summed E-state index contributed by atoms with van der Waals surface area (Å²) in [4.78, 5) is 39.2. The van der Waals surface area contributed by atoms with Crippen LogP contribution < -0.4 is 10.6 Å². The molecule has 3 rings (SSSR count). The Bertz CT molecular complexity index is 805. The standard InChI is InChI=1S/C19H23F3N4O4/c1-2-30-17(29)23-14-9-6-10-25(11-14)12-26-15(27)18(19(20,21)22,24-16(26)28)13-7-4-3-5-8-13/h3-5,7-8,14H,2,6,9-12H2,1H3,(H,23,29)(H,24,28). The van der Waals surface area contributed by atoms with Gasteiger partial charge in [0.25, 0.3) is 5.91 Å². The van der Waals surface area contributed by atoms with Crippen LogP contribution in [0.1, 0.15) is 25.3 Å². The molecule has 2 heterocycles. The number of nitrogens with one attached hydrogen (secondary N) is 2. The third kappa shape index (κ3) is 4.07. The highest BCUT2D eigenvalue weighted by Gasteiger charge is 2.68. The van der Waals surface area contributed by atoms with Crippen LogP contribution in [-0.4, -0.2) is 66.4 Å². The molecule has 0 spiro atoms. The monoisotopic (exact) mass is 428 g/mol. The van der Waals surface area contributed by atoms with E-state index in [-0.39, 0.29) is 31.4 Å². The molecule has 2 N–H and O–H groups in total. The van der Waals surface area contributed by atoms with Crippen LogP contribution in [0.5, 0.6) is 0 Å². The first kappa shape index (κ1) is 21.9. The van der Waals surface area contributed by atoms with Crippen LogP contribution in [0.25, 0.3) is 0 Å². The van der Waals surface area contributed by atoms with Gasteiger partial charge in [0, 0.05) is 12.6 Å². The number of benzene rings is 1. The molecule has 164 valence electrons. The highest BCUT2D eigenvalue weighted by atomic mass is 19.4. The number of alkyl carbamates (subject to hydrolysis) is 1. The lowest BCUT2D eigenvalue weighted by Gasteiger charge is -2.35. The van der Waals surface area contributed by atoms with Crippen LogP contribution in [0.15, 0.2) is 30.3 Å². The second kappa shape index (κ2) is 8.50. The largest absolute Gasteiger partial charge is 0.450 e. The number of carbonyl (C=O) groups is 3. The first-order valence-electron chi connectivity index (χ1n) is 9.61. The Kier molecular flexibility index (Phi) is 6.20. The average Bonchev–Trinajstić information content (AvgIpc) is 2.95. The highest BCUT2D eigenvalue weighted by Crippen LogP contribution is 2.43. The second-order valence-electron chi connectivity index (χ2n) is 7.20. The molecule has 0 aliphatic carbocycles. The van der Waals surface area contributed by atoms with E-state index in [1.807, 2.05) is 5.32 Å². The SMILES string of the molecule is CCOC(=O)NC1CCCN(CN2C(=O)NC(c3ccccc3)(C(F)(F)F)C2=O)C1. The molecule has 30 heavy (non-hydrogen) atoms. The third-order valence-electron chi connectivity index (χ3n) is 5.18. The number of imide groups is 1. The lowest BCUT2D eigenvalue weighted by atomic mass is 9.89. The summed E-state index contributed by atoms with van der Waals surface area (Å²) in [7, 11) is 0. The Morgan fingerprint density at radius 2 is 2.00 bits per heavy atom. The zero-order valence-corrected chi connectivity index (χ0v) is 16.4. The topological polar surface area (TPSA) is 91.0 Å². The Morgan fingerprint density at radius 3 is 2.63 bits per heavy atom. The maximum atomic E-state index is 14.0. The lowest BCUT2D eigenvalue weighted by Crippen LogP contribution is -2.56. The molecule has 2 aliphatic heterocycles. The van der Waals surface area contributed by atoms with E-state index in [1.54, 1.807) is 11.8 Å². The van der Waals surface area contributed by atoms with Crippen molar-refractivity contribution >= 4 is 18.0 Å². The molecule has 1 aromatic rings. The maximum Gasteiger partial charge on any atom is 0.425 e. The minimum absolute atomic E-state index is 0.212. The van der Waals surface area contributed by atoms with Gasteiger partial charge < -0.3 is 15.4 Å². The Hall–Kier alpha value is -2.82. The number of ether oxygens (including phenoxy) is 1. The molecular formula is C19H23F3N4O4. The summed E-state index contributed by atoms with van der Waals surface area (Å²) in [6.45, 7) is 2.33. The number of rotatable bonds is 5. The van der Waals surface area contributed by atoms with Crippen LogP contribution in [0, 0.1) is 0 Å². The summed E-state index contributed by atoms with van der Waals surface area (Å²) in [5.41, 5.74) is -3.47. The van der Waals surface area contributed by atoms with Crippen molar-refractivity contribution in [2.45, 2.75) is 37.5 Å². The van der Waals surface area contributed by atoms with Gasteiger partial charge in [-0.15, -0.1) is 0 Å². The van der Waals surface area contributed by atoms with Gasteiger partial charge in [0.2, 0.25) is 5.54 Å². The van der Waals surface area contributed by atoms with E-state index in [4.69, 9.17) is 4.74 Å². The molecule has 4 amide bonds. The van der Waals surface area contributed by atoms with Crippen molar-refractivity contribution in [2.24, 2.45) is 0 Å². The fourth-order valence-electron chi connectivity index (χ4n) is 3.79. The van der Waals surface area contributed by atoms with Gasteiger partial charge in [-0.05, 0) is 31.9 Å². The van der Waals surface area contributed by atoms with E-state index >= 15 is 0 Å². The molecule has 2 atom stereocenters. The average molecular weight is 428 g/mol. The van der Waals surface area contributed by atoms with Crippen molar-refractivity contribution in [3.05, 3.63) is 35.9 Å². The van der Waals surface area contributed by atoms with Crippen molar-refractivity contribution in [3.8, 4) is 0 Å². The molecule has 2 saturated heterocycles. The van der Waals surface area contributed by atoms with Crippen LogP contribution in [-0.2, 0) is 15.1 Å². The van der Waals surface area contributed by atoms with Crippen molar-refractivity contribution in [1.82, 2.24) is 20.4 Å². The summed E-state index contributed by atoms with van der Waals surface area (Å²) in [6.07, 6.45) is -4.30. The van der Waals surface area contributed by atoms with Crippen LogP contribution >= 0.6 is 0 Å². The number of likely N-dealkylation sites (tertiary alicyclic amines) is 1. The summed E-state index contributed by atoms with van der Waals surface area (Å²) in [6, 6.07) is 5.20. The highest BCUT2D eigenvalue weighted by molar-refractivity contribution is 6.08. The Balaban J connectivity index is 1.77. The first-order chi connectivity index (χ1) is 14.2. The number of halogens is 3. The van der Waals surface area contributed by atoms with E-state index < -0.39 is 29.7 Å². The maximum absolute atomic E-state index is 14.0. The smallest absolute Gasteiger partial charge is 0.425 e. The summed E-state index contributed by atoms with van der Waals surface area (Å²) < 4.78 is 46.9. The van der Waals surface area contributed by atoms with Gasteiger partial charge in [0.15, 0.2) is 0 Å². The number of hydrogen-bond acceptors (Lipinski definition) is 5. The van der Waals surface area contributed by atoms with E-state index in [1.165, 1.54) is 18.2 Å². The van der Waals surface area contributed by atoms with Gasteiger partial charge in [-0.2, -0.15) is 13.2 Å². The summed E-state index contributed by atoms with van der Waals surface area (Å²) >= 11 is 0. The van der Waals surface area contributed by atoms with Gasteiger partial charge in [-0.25, -0.2) is 14.5 Å². The molecule has 2 fully saturated rings. The van der Waals surface area contributed by atoms with E-state index in [0.29, 0.717) is 24.3 Å². The number of alkyl halides is 3. The number of amides is 4. The molecule has 0 aromatic heterocycles. The number of piperidine rings is 1. The van der Waals surface area contributed by atoms with Gasteiger partial charge in [-0.3, -0.25) is 9.69 Å². The minimum Gasteiger partial charge on any atom is -0.450 e. The molecule has 11 heteroatoms. The zero-order chi connectivity index (χ0) is 21.9. The normalized spacial score (nSPS) is 25.2. The third-order valence-corrected chi connectivity index (χ3v) is 5.18. The van der Waals surface area contributed by atoms with E-state index in [0.717, 1.165) is 12.1 Å². The Morgan fingerprint density at radius 1 is 1.30 bits per heavy atom. The lowest BCUT2D eigenvalue weighted by molar-refractivity contribution is -0.198. The van der Waals surface area contributed by atoms with E-state index in [2.05, 4.69) is 5.32 Å². The quantitative estimate of drug-likeness (QED) is 0.702. The molecule has 0 radical (unpaired) electrons. The summed E-state index contributed by atoms with van der Waals surface area (Å²) in [5.74, 6) is -1.37. The molecule has 0 bridgehead atoms. The molecule has 0 saturated carbocycles. The van der Waals surface area contributed by atoms with Crippen molar-refractivity contribution in [2.75, 3.05) is 26.4 Å². The van der Waals surface area contributed by atoms with Gasteiger partial charge in [-0.1, -0.05) is 30.3 Å². The summed E-state index contributed by atoms with van der Waals surface area (Å²) in [5, 5.41) is 4.55. The van der Waals surface area contributed by atoms with Crippen LogP contribution in [0.4, 0.5) is 22.8 Å². The number of nitrogens with zero attached hydrogens (tertiary/aromatic N) is 2. The van der Waals surface area contributed by atoms with Gasteiger partial charge in [0.05, 0.1) is 13.3 Å². The van der Waals surface area contributed by atoms with Gasteiger partial charge >= 0.3 is 18.3 Å². The van der Waals surface area contributed by atoms with Crippen molar-refractivity contribution in [3.63, 3.8) is 0 Å². The zero-order valence-electron chi connectivity index (χ0n) is 16.4. The van der Waals surface area contributed by atoms with Crippen LogP contribution in [0.2, 0.25) is 0 Å². The number of urea groups is 1. The molecule has 2 aliphatic rings. The van der Waals surface area contributed by atoms with Crippen molar-refractivity contribution < 1.29 is 32.3 Å². The minimum atomic E-state index is -5.02. The number of hydrogen-bond donors (Lipinski definition) is 2. The van der Waals surface area contributed by atoms with Crippen LogP contribution in [0.3, 0.4) is 0 Å².